The first-order chi connectivity index (χ1) is 13.6. The molecule has 0 atom stereocenters. The average molecular weight is 379 g/mol. The van der Waals surface area contributed by atoms with E-state index in [1.165, 1.54) is 0 Å². The van der Waals surface area contributed by atoms with E-state index in [2.05, 4.69) is 15.5 Å². The second-order valence-electron chi connectivity index (χ2n) is 7.72. The number of hydrogen-bond donors (Lipinski definition) is 2. The van der Waals surface area contributed by atoms with Gasteiger partial charge in [0, 0.05) is 24.2 Å². The predicted molar refractivity (Wildman–Crippen MR) is 109 cm³/mol. The Bertz CT molecular complexity index is 862. The van der Waals surface area contributed by atoms with E-state index >= 15 is 0 Å². The van der Waals surface area contributed by atoms with Crippen LogP contribution in [-0.4, -0.2) is 48.6 Å². The third-order valence-electron chi connectivity index (χ3n) is 5.74. The van der Waals surface area contributed by atoms with Gasteiger partial charge in [-0.05, 0) is 36.8 Å². The molecule has 0 aliphatic carbocycles. The van der Waals surface area contributed by atoms with Crippen molar-refractivity contribution in [2.45, 2.75) is 25.3 Å². The SMILES string of the molecule is Cc1cccc(NC(=O)CN2CN(c3ccccc3)C3(CC[NH2+]CC3)C2=O)c1. The first-order valence-corrected chi connectivity index (χ1v) is 9.89. The summed E-state index contributed by atoms with van der Waals surface area (Å²) in [4.78, 5) is 29.9. The molecule has 2 aromatic rings. The molecule has 0 unspecified atom stereocenters. The molecular weight excluding hydrogens is 352 g/mol. The Balaban J connectivity index is 1.53. The largest absolute Gasteiger partial charge is 0.346 e. The van der Waals surface area contributed by atoms with Crippen molar-refractivity contribution in [2.24, 2.45) is 0 Å². The van der Waals surface area contributed by atoms with Gasteiger partial charge in [-0.3, -0.25) is 9.59 Å². The number of hydrogen-bond acceptors (Lipinski definition) is 3. The molecule has 2 heterocycles. The number of anilines is 2. The Morgan fingerprint density at radius 1 is 1.11 bits per heavy atom. The Morgan fingerprint density at radius 3 is 2.57 bits per heavy atom. The van der Waals surface area contributed by atoms with Crippen LogP contribution in [-0.2, 0) is 9.59 Å². The van der Waals surface area contributed by atoms with Gasteiger partial charge in [-0.15, -0.1) is 0 Å². The van der Waals surface area contributed by atoms with Crippen LogP contribution in [0.3, 0.4) is 0 Å². The number of aryl methyl sites for hydroxylation is 1. The van der Waals surface area contributed by atoms with Crippen LogP contribution < -0.4 is 15.5 Å². The minimum absolute atomic E-state index is 0.0710. The zero-order valence-electron chi connectivity index (χ0n) is 16.2. The number of carbonyl (C=O) groups is 2. The summed E-state index contributed by atoms with van der Waals surface area (Å²) in [6.07, 6.45) is 1.60. The fourth-order valence-corrected chi connectivity index (χ4v) is 4.37. The molecule has 0 saturated carbocycles. The quantitative estimate of drug-likeness (QED) is 0.842. The Morgan fingerprint density at radius 2 is 1.86 bits per heavy atom. The molecule has 2 amide bonds. The standard InChI is InChI=1S/C22H26N4O2/c1-17-6-5-7-18(14-17)24-20(27)15-25-16-26(19-8-3-2-4-9-19)22(21(25)28)10-12-23-13-11-22/h2-9,14,23H,10-13,15-16H2,1H3,(H,24,27)/p+1. The molecular formula is C22H27N4O2+. The molecule has 28 heavy (non-hydrogen) atoms. The Kier molecular flexibility index (Phi) is 5.05. The van der Waals surface area contributed by atoms with Crippen molar-refractivity contribution in [3.63, 3.8) is 0 Å². The lowest BCUT2D eigenvalue weighted by molar-refractivity contribution is -0.664. The molecule has 0 aromatic heterocycles. The molecule has 0 bridgehead atoms. The maximum Gasteiger partial charge on any atom is 0.250 e. The van der Waals surface area contributed by atoms with E-state index in [-0.39, 0.29) is 18.4 Å². The normalized spacial score (nSPS) is 18.5. The van der Waals surface area contributed by atoms with E-state index in [9.17, 15) is 9.59 Å². The molecule has 146 valence electrons. The number of nitrogens with one attached hydrogen (secondary N) is 1. The highest BCUT2D eigenvalue weighted by molar-refractivity contribution is 5.99. The number of benzene rings is 2. The summed E-state index contributed by atoms with van der Waals surface area (Å²) in [5.41, 5.74) is 2.36. The Hall–Kier alpha value is -2.86. The first kappa shape index (κ1) is 18.5. The van der Waals surface area contributed by atoms with Crippen LogP contribution in [0.4, 0.5) is 11.4 Å². The van der Waals surface area contributed by atoms with Crippen molar-refractivity contribution in [3.05, 3.63) is 60.2 Å². The van der Waals surface area contributed by atoms with Crippen molar-refractivity contribution in [2.75, 3.05) is 36.5 Å². The number of piperidine rings is 1. The molecule has 3 N–H and O–H groups in total. The minimum Gasteiger partial charge on any atom is -0.346 e. The number of carbonyl (C=O) groups excluding carboxylic acids is 2. The lowest BCUT2D eigenvalue weighted by Crippen LogP contribution is -2.89. The van der Waals surface area contributed by atoms with Crippen molar-refractivity contribution in [3.8, 4) is 0 Å². The topological polar surface area (TPSA) is 69.3 Å². The molecule has 4 rings (SSSR count). The second kappa shape index (κ2) is 7.64. The van der Waals surface area contributed by atoms with Gasteiger partial charge in [0.15, 0.2) is 0 Å². The van der Waals surface area contributed by atoms with Gasteiger partial charge in [-0.25, -0.2) is 0 Å². The zero-order valence-corrected chi connectivity index (χ0v) is 16.2. The average Bonchev–Trinajstić information content (AvgIpc) is 2.95. The number of quaternary nitrogens is 1. The van der Waals surface area contributed by atoms with Crippen LogP contribution >= 0.6 is 0 Å². The zero-order chi connectivity index (χ0) is 19.6. The van der Waals surface area contributed by atoms with Gasteiger partial charge < -0.3 is 20.4 Å². The van der Waals surface area contributed by atoms with E-state index < -0.39 is 5.54 Å². The summed E-state index contributed by atoms with van der Waals surface area (Å²) in [5, 5.41) is 5.18. The molecule has 2 fully saturated rings. The van der Waals surface area contributed by atoms with Crippen LogP contribution in [0.25, 0.3) is 0 Å². The lowest BCUT2D eigenvalue weighted by Gasteiger charge is -2.38. The summed E-state index contributed by atoms with van der Waals surface area (Å²) in [6.45, 7) is 4.36. The summed E-state index contributed by atoms with van der Waals surface area (Å²) < 4.78 is 0. The summed E-state index contributed by atoms with van der Waals surface area (Å²) in [7, 11) is 0. The fourth-order valence-electron chi connectivity index (χ4n) is 4.37. The predicted octanol–water partition coefficient (Wildman–Crippen LogP) is 1.34. The highest BCUT2D eigenvalue weighted by Crippen LogP contribution is 2.37. The van der Waals surface area contributed by atoms with Gasteiger partial charge >= 0.3 is 0 Å². The van der Waals surface area contributed by atoms with E-state index in [1.54, 1.807) is 4.90 Å². The van der Waals surface area contributed by atoms with Gasteiger partial charge in [-0.2, -0.15) is 0 Å². The summed E-state index contributed by atoms with van der Waals surface area (Å²) >= 11 is 0. The monoisotopic (exact) mass is 379 g/mol. The van der Waals surface area contributed by atoms with Gasteiger partial charge in [0.1, 0.15) is 12.1 Å². The number of para-hydroxylation sites is 1. The first-order valence-electron chi connectivity index (χ1n) is 9.89. The number of nitrogens with zero attached hydrogens (tertiary/aromatic N) is 2. The van der Waals surface area contributed by atoms with Crippen LogP contribution in [0.15, 0.2) is 54.6 Å². The van der Waals surface area contributed by atoms with Crippen LogP contribution in [0, 0.1) is 6.92 Å². The molecule has 6 heteroatoms. The molecule has 2 aliphatic heterocycles. The van der Waals surface area contributed by atoms with Crippen molar-refractivity contribution < 1.29 is 14.9 Å². The molecule has 1 spiro atoms. The smallest absolute Gasteiger partial charge is 0.250 e. The molecule has 2 aliphatic rings. The molecule has 0 radical (unpaired) electrons. The number of nitrogens with two attached hydrogens (primary N) is 1. The van der Waals surface area contributed by atoms with Gasteiger partial charge in [0.2, 0.25) is 5.91 Å². The maximum absolute atomic E-state index is 13.4. The summed E-state index contributed by atoms with van der Waals surface area (Å²) in [6, 6.07) is 17.8. The van der Waals surface area contributed by atoms with E-state index in [0.29, 0.717) is 6.67 Å². The third-order valence-corrected chi connectivity index (χ3v) is 5.74. The highest BCUT2D eigenvalue weighted by atomic mass is 16.2. The second-order valence-corrected chi connectivity index (χ2v) is 7.72. The fraction of sp³-hybridized carbons (Fsp3) is 0.364. The van der Waals surface area contributed by atoms with Gasteiger partial charge in [0.05, 0.1) is 19.8 Å². The molecule has 6 nitrogen and oxygen atoms in total. The summed E-state index contributed by atoms with van der Waals surface area (Å²) in [5.74, 6) is -0.0878. The van der Waals surface area contributed by atoms with Gasteiger partial charge in [-0.1, -0.05) is 30.3 Å². The minimum atomic E-state index is -0.528. The van der Waals surface area contributed by atoms with Crippen LogP contribution in [0.5, 0.6) is 0 Å². The van der Waals surface area contributed by atoms with Crippen LogP contribution in [0.1, 0.15) is 18.4 Å². The van der Waals surface area contributed by atoms with E-state index in [4.69, 9.17) is 0 Å². The van der Waals surface area contributed by atoms with Gasteiger partial charge in [0.25, 0.3) is 5.91 Å². The van der Waals surface area contributed by atoms with E-state index in [1.807, 2.05) is 61.5 Å². The lowest BCUT2D eigenvalue weighted by atomic mass is 9.86. The van der Waals surface area contributed by atoms with Crippen molar-refractivity contribution in [1.82, 2.24) is 4.90 Å². The van der Waals surface area contributed by atoms with Crippen molar-refractivity contribution in [1.29, 1.82) is 0 Å². The maximum atomic E-state index is 13.4. The number of rotatable bonds is 4. The number of amides is 2. The van der Waals surface area contributed by atoms with E-state index in [0.717, 1.165) is 42.9 Å². The Labute approximate surface area is 165 Å². The third kappa shape index (κ3) is 3.47. The molecule has 2 aromatic carbocycles. The van der Waals surface area contributed by atoms with Crippen LogP contribution in [0.2, 0.25) is 0 Å². The highest BCUT2D eigenvalue weighted by Gasteiger charge is 2.54. The van der Waals surface area contributed by atoms with Crippen molar-refractivity contribution >= 4 is 23.2 Å². The molecule has 2 saturated heterocycles.